The van der Waals surface area contributed by atoms with Crippen LogP contribution in [0, 0.1) is 17.4 Å². The van der Waals surface area contributed by atoms with E-state index in [1.807, 2.05) is 0 Å². The molecule has 25 heavy (non-hydrogen) atoms. The third kappa shape index (κ3) is 3.79. The summed E-state index contributed by atoms with van der Waals surface area (Å²) in [6.45, 7) is 18.2. The van der Waals surface area contributed by atoms with Gasteiger partial charge in [0, 0.05) is 36.3 Å². The fraction of sp³-hybridized carbons (Fsp3) is 0.684. The Labute approximate surface area is 166 Å². The van der Waals surface area contributed by atoms with Crippen LogP contribution in [0.15, 0.2) is 6.07 Å². The van der Waals surface area contributed by atoms with Crippen molar-refractivity contribution in [3.63, 3.8) is 0 Å². The number of hydrogen-bond acceptors (Lipinski definition) is 4. The van der Waals surface area contributed by atoms with E-state index < -0.39 is 0 Å². The second-order valence-corrected chi connectivity index (χ2v) is 9.38. The van der Waals surface area contributed by atoms with E-state index in [1.165, 1.54) is 25.7 Å². The Morgan fingerprint density at radius 2 is 1.64 bits per heavy atom. The molecule has 138 valence electrons. The van der Waals surface area contributed by atoms with Crippen molar-refractivity contribution in [1.29, 1.82) is 0 Å². The van der Waals surface area contributed by atoms with Crippen molar-refractivity contribution in [1.82, 2.24) is 10.2 Å². The van der Waals surface area contributed by atoms with Crippen LogP contribution < -0.4 is 10.8 Å². The molecule has 1 aromatic carbocycles. The van der Waals surface area contributed by atoms with Crippen LogP contribution in [-0.2, 0) is 15.9 Å². The molecule has 4 nitrogen and oxygen atoms in total. The van der Waals surface area contributed by atoms with Gasteiger partial charge in [0.05, 0.1) is 11.2 Å². The molecule has 2 aliphatic heterocycles. The molecular weight excluding hydrogens is 426 g/mol. The largest absolute Gasteiger partial charge is 0.495 e. The summed E-state index contributed by atoms with van der Waals surface area (Å²) in [6.07, 6.45) is 0. The Morgan fingerprint density at radius 3 is 2.20 bits per heavy atom. The molecule has 0 atom stereocenters. The lowest BCUT2D eigenvalue weighted by Gasteiger charge is -2.32. The summed E-state index contributed by atoms with van der Waals surface area (Å²) < 4.78 is 14.0. The molecular formula is C19H30BIN2O2. The Bertz CT molecular complexity index is 641. The van der Waals surface area contributed by atoms with Gasteiger partial charge in [0.15, 0.2) is 0 Å². The topological polar surface area (TPSA) is 33.7 Å². The van der Waals surface area contributed by atoms with Crippen molar-refractivity contribution in [2.45, 2.75) is 59.3 Å². The molecule has 2 fully saturated rings. The Morgan fingerprint density at radius 1 is 1.08 bits per heavy atom. The van der Waals surface area contributed by atoms with Crippen molar-refractivity contribution >= 4 is 35.2 Å². The van der Waals surface area contributed by atoms with E-state index in [0.29, 0.717) is 0 Å². The number of benzene rings is 1. The minimum Gasteiger partial charge on any atom is -0.399 e. The summed E-state index contributed by atoms with van der Waals surface area (Å²) in [5, 5.41) is 3.43. The van der Waals surface area contributed by atoms with Crippen LogP contribution in [0.3, 0.4) is 0 Å². The standard InChI is InChI=1S/C19H30BIN2O2/c1-13-15(12-23-9-7-22-8-10-23)11-16(14(2)17(13)21)20-24-18(3,4)19(5,6)25-20/h11,22H,7-10,12H2,1-6H3. The molecule has 1 aromatic rings. The number of halogens is 1. The third-order valence-electron chi connectivity index (χ3n) is 6.01. The number of nitrogens with one attached hydrogen (secondary N) is 1. The monoisotopic (exact) mass is 456 g/mol. The highest BCUT2D eigenvalue weighted by Gasteiger charge is 2.52. The molecule has 2 saturated heterocycles. The van der Waals surface area contributed by atoms with E-state index in [2.05, 4.69) is 80.4 Å². The van der Waals surface area contributed by atoms with Crippen LogP contribution in [0.25, 0.3) is 0 Å². The van der Waals surface area contributed by atoms with Crippen molar-refractivity contribution in [2.24, 2.45) is 0 Å². The van der Waals surface area contributed by atoms with Gasteiger partial charge in [-0.25, -0.2) is 0 Å². The minimum atomic E-state index is -0.306. The van der Waals surface area contributed by atoms with Gasteiger partial charge in [0.1, 0.15) is 0 Å². The molecule has 0 unspecified atom stereocenters. The van der Waals surface area contributed by atoms with Crippen LogP contribution in [0.1, 0.15) is 44.4 Å². The van der Waals surface area contributed by atoms with Gasteiger partial charge >= 0.3 is 7.12 Å². The van der Waals surface area contributed by atoms with Gasteiger partial charge in [-0.3, -0.25) is 4.90 Å². The van der Waals surface area contributed by atoms with Gasteiger partial charge in [-0.1, -0.05) is 6.07 Å². The van der Waals surface area contributed by atoms with Crippen molar-refractivity contribution < 1.29 is 9.31 Å². The molecule has 0 aromatic heterocycles. The van der Waals surface area contributed by atoms with Gasteiger partial charge in [-0.05, 0) is 86.3 Å². The molecule has 0 bridgehead atoms. The maximum absolute atomic E-state index is 6.32. The molecule has 3 rings (SSSR count). The zero-order valence-corrected chi connectivity index (χ0v) is 18.5. The lowest BCUT2D eigenvalue weighted by Crippen LogP contribution is -2.43. The molecule has 6 heteroatoms. The van der Waals surface area contributed by atoms with Crippen LogP contribution in [0.5, 0.6) is 0 Å². The SMILES string of the molecule is Cc1c(CN2CCNCC2)cc(B2OC(C)(C)C(C)(C)O2)c(C)c1I. The fourth-order valence-electron chi connectivity index (χ4n) is 3.44. The molecule has 0 spiro atoms. The van der Waals surface area contributed by atoms with E-state index in [-0.39, 0.29) is 18.3 Å². The molecule has 2 heterocycles. The molecule has 1 N–H and O–H groups in total. The Balaban J connectivity index is 1.92. The summed E-state index contributed by atoms with van der Waals surface area (Å²) in [5.41, 5.74) is 4.62. The average molecular weight is 456 g/mol. The first-order chi connectivity index (χ1) is 11.6. The first-order valence-corrected chi connectivity index (χ1v) is 10.3. The van der Waals surface area contributed by atoms with Gasteiger partial charge in [-0.15, -0.1) is 0 Å². The summed E-state index contributed by atoms with van der Waals surface area (Å²) in [4.78, 5) is 2.53. The molecule has 2 aliphatic rings. The summed E-state index contributed by atoms with van der Waals surface area (Å²) in [7, 11) is -0.291. The zero-order chi connectivity index (χ0) is 18.4. The van der Waals surface area contributed by atoms with Crippen molar-refractivity contribution in [2.75, 3.05) is 26.2 Å². The number of nitrogens with zero attached hydrogens (tertiary/aromatic N) is 1. The van der Waals surface area contributed by atoms with Crippen molar-refractivity contribution in [3.05, 3.63) is 26.3 Å². The van der Waals surface area contributed by atoms with E-state index in [4.69, 9.17) is 9.31 Å². The van der Waals surface area contributed by atoms with Gasteiger partial charge < -0.3 is 14.6 Å². The minimum absolute atomic E-state index is 0.291. The summed E-state index contributed by atoms with van der Waals surface area (Å²) in [6, 6.07) is 2.32. The lowest BCUT2D eigenvalue weighted by molar-refractivity contribution is 0.00578. The van der Waals surface area contributed by atoms with Crippen LogP contribution in [0.4, 0.5) is 0 Å². The van der Waals surface area contributed by atoms with Gasteiger partial charge in [0.25, 0.3) is 0 Å². The third-order valence-corrected chi connectivity index (χ3v) is 7.63. The van der Waals surface area contributed by atoms with E-state index in [0.717, 1.165) is 32.7 Å². The summed E-state index contributed by atoms with van der Waals surface area (Å²) in [5.74, 6) is 0. The quantitative estimate of drug-likeness (QED) is 0.561. The fourth-order valence-corrected chi connectivity index (χ4v) is 4.10. The average Bonchev–Trinajstić information content (AvgIpc) is 2.76. The van der Waals surface area contributed by atoms with Crippen LogP contribution in [-0.4, -0.2) is 49.4 Å². The second-order valence-electron chi connectivity index (χ2n) is 8.30. The molecule has 0 saturated carbocycles. The number of piperazine rings is 1. The predicted molar refractivity (Wildman–Crippen MR) is 112 cm³/mol. The molecule has 0 amide bonds. The van der Waals surface area contributed by atoms with E-state index in [9.17, 15) is 0 Å². The van der Waals surface area contributed by atoms with E-state index in [1.54, 1.807) is 0 Å². The maximum Gasteiger partial charge on any atom is 0.495 e. The van der Waals surface area contributed by atoms with Crippen LogP contribution >= 0.6 is 22.6 Å². The van der Waals surface area contributed by atoms with Crippen LogP contribution in [0.2, 0.25) is 0 Å². The maximum atomic E-state index is 6.32. The van der Waals surface area contributed by atoms with Gasteiger partial charge in [-0.2, -0.15) is 0 Å². The summed E-state index contributed by atoms with van der Waals surface area (Å²) >= 11 is 2.48. The van der Waals surface area contributed by atoms with Crippen molar-refractivity contribution in [3.8, 4) is 0 Å². The molecule has 0 radical (unpaired) electrons. The zero-order valence-electron chi connectivity index (χ0n) is 16.3. The number of rotatable bonds is 3. The van der Waals surface area contributed by atoms with Gasteiger partial charge in [0.2, 0.25) is 0 Å². The highest BCUT2D eigenvalue weighted by Crippen LogP contribution is 2.37. The first kappa shape index (κ1) is 19.6. The second kappa shape index (κ2) is 7.11. The molecule has 0 aliphatic carbocycles. The Kier molecular flexibility index (Phi) is 5.58. The number of hydrogen-bond donors (Lipinski definition) is 1. The predicted octanol–water partition coefficient (Wildman–Crippen LogP) is 2.61. The Hall–Kier alpha value is -0.145. The lowest BCUT2D eigenvalue weighted by atomic mass is 9.74. The normalized spacial score (nSPS) is 23.2. The first-order valence-electron chi connectivity index (χ1n) is 9.19. The smallest absolute Gasteiger partial charge is 0.399 e. The van der Waals surface area contributed by atoms with E-state index >= 15 is 0 Å². The highest BCUT2D eigenvalue weighted by molar-refractivity contribution is 14.1. The highest BCUT2D eigenvalue weighted by atomic mass is 127.